The van der Waals surface area contributed by atoms with Gasteiger partial charge >= 0.3 is 0 Å². The van der Waals surface area contributed by atoms with E-state index in [1.807, 2.05) is 23.6 Å². The molecule has 1 atom stereocenters. The minimum atomic E-state index is -0.404. The highest BCUT2D eigenvalue weighted by Crippen LogP contribution is 2.34. The third-order valence-electron chi connectivity index (χ3n) is 4.55. The number of ether oxygens (including phenoxy) is 3. The quantitative estimate of drug-likeness (QED) is 0.356. The van der Waals surface area contributed by atoms with Gasteiger partial charge in [-0.1, -0.05) is 41.6 Å². The number of allylic oxidation sites excluding steroid dienone is 1. The Morgan fingerprint density at radius 2 is 2.12 bits per heavy atom. The van der Waals surface area contributed by atoms with Crippen LogP contribution in [0.3, 0.4) is 0 Å². The van der Waals surface area contributed by atoms with Crippen molar-refractivity contribution in [2.45, 2.75) is 24.7 Å². The number of fused-ring (bicyclic) bond motifs is 1. The fourth-order valence-corrected chi connectivity index (χ4v) is 4.03. The zero-order valence-electron chi connectivity index (χ0n) is 17.3. The molecule has 32 heavy (non-hydrogen) atoms. The summed E-state index contributed by atoms with van der Waals surface area (Å²) in [5.74, 6) is 2.43. The smallest absolute Gasteiger partial charge is 0.234 e. The molecule has 1 aliphatic rings. The van der Waals surface area contributed by atoms with Gasteiger partial charge in [0.1, 0.15) is 5.75 Å². The first-order valence-electron chi connectivity index (χ1n) is 9.82. The minimum absolute atomic E-state index is 0.156. The van der Waals surface area contributed by atoms with E-state index in [0.717, 1.165) is 0 Å². The van der Waals surface area contributed by atoms with E-state index in [1.54, 1.807) is 36.4 Å². The van der Waals surface area contributed by atoms with Gasteiger partial charge in [-0.15, -0.1) is 16.8 Å². The number of thioether (sulfide) groups is 1. The summed E-state index contributed by atoms with van der Waals surface area (Å²) in [7, 11) is 0. The van der Waals surface area contributed by atoms with E-state index in [0.29, 0.717) is 45.5 Å². The average Bonchev–Trinajstić information content (AvgIpc) is 3.41. The topological polar surface area (TPSA) is 87.5 Å². The zero-order valence-corrected chi connectivity index (χ0v) is 18.9. The van der Waals surface area contributed by atoms with Crippen LogP contribution in [0.2, 0.25) is 5.02 Å². The van der Waals surface area contributed by atoms with Crippen LogP contribution in [-0.2, 0) is 11.3 Å². The van der Waals surface area contributed by atoms with E-state index >= 15 is 0 Å². The monoisotopic (exact) mass is 472 g/mol. The van der Waals surface area contributed by atoms with Gasteiger partial charge in [0.25, 0.3) is 0 Å². The summed E-state index contributed by atoms with van der Waals surface area (Å²) in [5.41, 5.74) is 0.634. The van der Waals surface area contributed by atoms with Crippen LogP contribution in [0.1, 0.15) is 18.9 Å². The number of hydrogen-bond donors (Lipinski definition) is 1. The maximum atomic E-state index is 12.5. The lowest BCUT2D eigenvalue weighted by molar-refractivity contribution is -0.113. The normalized spacial score (nSPS) is 12.9. The van der Waals surface area contributed by atoms with E-state index < -0.39 is 6.10 Å². The van der Waals surface area contributed by atoms with Crippen LogP contribution in [0.25, 0.3) is 0 Å². The molecule has 0 spiro atoms. The van der Waals surface area contributed by atoms with Crippen molar-refractivity contribution in [2.75, 3.05) is 17.9 Å². The Balaban J connectivity index is 1.41. The molecule has 1 aliphatic heterocycles. The molecular weight excluding hydrogens is 452 g/mol. The molecule has 0 fully saturated rings. The molecule has 4 rings (SSSR count). The number of aromatic nitrogens is 3. The van der Waals surface area contributed by atoms with E-state index in [-0.39, 0.29) is 18.5 Å². The average molecular weight is 473 g/mol. The van der Waals surface area contributed by atoms with E-state index in [2.05, 4.69) is 22.1 Å². The predicted octanol–water partition coefficient (Wildman–Crippen LogP) is 4.72. The van der Waals surface area contributed by atoms with Crippen molar-refractivity contribution in [3.63, 3.8) is 0 Å². The van der Waals surface area contributed by atoms with Crippen LogP contribution in [0, 0.1) is 0 Å². The molecule has 0 saturated carbocycles. The standard InChI is InChI=1S/C22H21ClN4O4S/c1-3-10-27-21(14(2)31-17-7-5-4-6-16(17)23)25-26-22(27)32-12-20(28)24-15-8-9-18-19(11-15)30-13-29-18/h3-9,11,14H,1,10,12-13H2,2H3,(H,24,28). The summed E-state index contributed by atoms with van der Waals surface area (Å²) in [6.07, 6.45) is 1.34. The lowest BCUT2D eigenvalue weighted by Crippen LogP contribution is -2.15. The molecule has 2 heterocycles. The van der Waals surface area contributed by atoms with Crippen molar-refractivity contribution < 1.29 is 19.0 Å². The zero-order chi connectivity index (χ0) is 22.5. The maximum Gasteiger partial charge on any atom is 0.234 e. The first-order chi connectivity index (χ1) is 15.5. The van der Waals surface area contributed by atoms with Gasteiger partial charge in [-0.3, -0.25) is 9.36 Å². The van der Waals surface area contributed by atoms with Gasteiger partial charge in [0.15, 0.2) is 28.6 Å². The molecule has 166 valence electrons. The van der Waals surface area contributed by atoms with Gasteiger partial charge in [-0.2, -0.15) is 0 Å². The lowest BCUT2D eigenvalue weighted by Gasteiger charge is -2.16. The summed E-state index contributed by atoms with van der Waals surface area (Å²) in [4.78, 5) is 12.5. The first kappa shape index (κ1) is 22.0. The fraction of sp³-hybridized carbons (Fsp3) is 0.227. The summed E-state index contributed by atoms with van der Waals surface area (Å²) >= 11 is 7.48. The first-order valence-corrected chi connectivity index (χ1v) is 11.2. The Hall–Kier alpha value is -3.17. The van der Waals surface area contributed by atoms with E-state index in [1.165, 1.54) is 11.8 Å². The number of carbonyl (C=O) groups excluding carboxylic acids is 1. The van der Waals surface area contributed by atoms with Gasteiger partial charge in [-0.05, 0) is 31.2 Å². The Kier molecular flexibility index (Phi) is 6.87. The number of carbonyl (C=O) groups is 1. The van der Waals surface area contributed by atoms with Gasteiger partial charge in [0.05, 0.1) is 10.8 Å². The molecular formula is C22H21ClN4O4S. The van der Waals surface area contributed by atoms with E-state index in [4.69, 9.17) is 25.8 Å². The van der Waals surface area contributed by atoms with Crippen molar-refractivity contribution in [2.24, 2.45) is 0 Å². The van der Waals surface area contributed by atoms with Crippen LogP contribution in [0.4, 0.5) is 5.69 Å². The number of nitrogens with zero attached hydrogens (tertiary/aromatic N) is 3. The van der Waals surface area contributed by atoms with Crippen molar-refractivity contribution in [1.82, 2.24) is 14.8 Å². The Labute approximate surface area is 194 Å². The maximum absolute atomic E-state index is 12.5. The number of para-hydroxylation sites is 1. The number of benzene rings is 2. The lowest BCUT2D eigenvalue weighted by atomic mass is 10.3. The molecule has 1 unspecified atom stereocenters. The highest BCUT2D eigenvalue weighted by molar-refractivity contribution is 7.99. The van der Waals surface area contributed by atoms with Crippen LogP contribution in [-0.4, -0.2) is 33.2 Å². The third kappa shape index (κ3) is 5.00. The molecule has 2 aromatic carbocycles. The summed E-state index contributed by atoms with van der Waals surface area (Å²) in [6.45, 7) is 6.33. The fourth-order valence-electron chi connectivity index (χ4n) is 3.09. The SMILES string of the molecule is C=CCn1c(SCC(=O)Nc2ccc3c(c2)OCO3)nnc1C(C)Oc1ccccc1Cl. The van der Waals surface area contributed by atoms with Crippen molar-refractivity contribution in [3.05, 3.63) is 66.0 Å². The highest BCUT2D eigenvalue weighted by atomic mass is 35.5. The largest absolute Gasteiger partial charge is 0.481 e. The second kappa shape index (κ2) is 9.97. The van der Waals surface area contributed by atoms with Gasteiger partial charge < -0.3 is 19.5 Å². The number of anilines is 1. The molecule has 0 saturated heterocycles. The molecule has 10 heteroatoms. The number of amides is 1. The summed E-state index contributed by atoms with van der Waals surface area (Å²) < 4.78 is 18.5. The highest BCUT2D eigenvalue weighted by Gasteiger charge is 2.21. The number of rotatable bonds is 9. The van der Waals surface area contributed by atoms with E-state index in [9.17, 15) is 4.79 Å². The number of hydrogen-bond acceptors (Lipinski definition) is 7. The predicted molar refractivity (Wildman–Crippen MR) is 123 cm³/mol. The number of halogens is 1. The molecule has 1 N–H and O–H groups in total. The molecule has 0 radical (unpaired) electrons. The van der Waals surface area contributed by atoms with Crippen LogP contribution >= 0.6 is 23.4 Å². The van der Waals surface area contributed by atoms with Crippen molar-refractivity contribution in [1.29, 1.82) is 0 Å². The molecule has 1 amide bonds. The Morgan fingerprint density at radius 3 is 2.94 bits per heavy atom. The van der Waals surface area contributed by atoms with Crippen molar-refractivity contribution in [3.8, 4) is 17.2 Å². The van der Waals surface area contributed by atoms with Gasteiger partial charge in [0.2, 0.25) is 12.7 Å². The third-order valence-corrected chi connectivity index (χ3v) is 5.83. The Morgan fingerprint density at radius 1 is 1.31 bits per heavy atom. The molecule has 1 aromatic heterocycles. The minimum Gasteiger partial charge on any atom is -0.481 e. The van der Waals surface area contributed by atoms with Crippen LogP contribution in [0.15, 0.2) is 60.3 Å². The van der Waals surface area contributed by atoms with Crippen molar-refractivity contribution >= 4 is 35.0 Å². The molecule has 0 aliphatic carbocycles. The van der Waals surface area contributed by atoms with Gasteiger partial charge in [-0.25, -0.2) is 0 Å². The molecule has 8 nitrogen and oxygen atoms in total. The van der Waals surface area contributed by atoms with Gasteiger partial charge in [0, 0.05) is 18.3 Å². The second-order valence-corrected chi connectivity index (χ2v) is 8.19. The van der Waals surface area contributed by atoms with Crippen LogP contribution < -0.4 is 19.5 Å². The Bertz CT molecular complexity index is 1140. The summed E-state index contributed by atoms with van der Waals surface area (Å²) in [5, 5.41) is 12.5. The second-order valence-electron chi connectivity index (χ2n) is 6.84. The molecule has 3 aromatic rings. The molecule has 0 bridgehead atoms. The van der Waals surface area contributed by atoms with Crippen LogP contribution in [0.5, 0.6) is 17.2 Å². The number of nitrogens with one attached hydrogen (secondary N) is 1. The summed E-state index contributed by atoms with van der Waals surface area (Å²) in [6, 6.07) is 12.5.